The van der Waals surface area contributed by atoms with E-state index in [-0.39, 0.29) is 22.4 Å². The largest absolute Gasteiger partial charge is 5.00 e. The fraction of sp³-hybridized carbons (Fsp3) is 1.00. The van der Waals surface area contributed by atoms with Crippen LogP contribution >= 0.6 is 0 Å². The summed E-state index contributed by atoms with van der Waals surface area (Å²) in [6.45, 7) is 24.5. The second kappa shape index (κ2) is 16.5. The number of hydrogen-bond acceptors (Lipinski definition) is 5. The molecule has 0 aliphatic rings. The summed E-state index contributed by atoms with van der Waals surface area (Å²) < 4.78 is 0. The van der Waals surface area contributed by atoms with Crippen molar-refractivity contribution in [2.75, 3.05) is 0 Å². The van der Waals surface area contributed by atoms with E-state index in [4.69, 9.17) is 0 Å². The van der Waals surface area contributed by atoms with Gasteiger partial charge >= 0.3 is 22.4 Å². The van der Waals surface area contributed by atoms with E-state index in [0.29, 0.717) is 0 Å². The average Bonchev–Trinajstić information content (AvgIpc) is 1.79. The van der Waals surface area contributed by atoms with Crippen LogP contribution in [0, 0.1) is 0 Å². The van der Waals surface area contributed by atoms with E-state index in [1.54, 1.807) is 104 Å². The van der Waals surface area contributed by atoms with Gasteiger partial charge in [0.1, 0.15) is 0 Å². The van der Waals surface area contributed by atoms with Crippen LogP contribution in [0.3, 0.4) is 0 Å². The van der Waals surface area contributed by atoms with Gasteiger partial charge in [-0.15, -0.1) is 28.0 Å². The zero-order valence-corrected chi connectivity index (χ0v) is 23.2. The summed E-state index contributed by atoms with van der Waals surface area (Å²) in [4.78, 5) is 0. The summed E-state index contributed by atoms with van der Waals surface area (Å²) >= 11 is 0. The molecule has 0 saturated carbocycles. The van der Waals surface area contributed by atoms with Crippen molar-refractivity contribution in [1.82, 2.24) is 0 Å². The minimum Gasteiger partial charge on any atom is -0.850 e. The van der Waals surface area contributed by atoms with Gasteiger partial charge in [0.2, 0.25) is 0 Å². The van der Waals surface area contributed by atoms with Crippen LogP contribution in [0.4, 0.5) is 0 Å². The van der Waals surface area contributed by atoms with E-state index < -0.39 is 28.0 Å². The van der Waals surface area contributed by atoms with Crippen LogP contribution in [0.5, 0.6) is 0 Å². The zero-order valence-electron chi connectivity index (χ0n) is 20.0. The number of rotatable bonds is 0. The van der Waals surface area contributed by atoms with Crippen molar-refractivity contribution in [3.8, 4) is 0 Å². The van der Waals surface area contributed by atoms with Crippen molar-refractivity contribution in [2.24, 2.45) is 0 Å². The van der Waals surface area contributed by atoms with Crippen molar-refractivity contribution >= 4 is 0 Å². The third kappa shape index (κ3) is 46600. The number of hydrogen-bond donors (Lipinski definition) is 0. The van der Waals surface area contributed by atoms with Gasteiger partial charge in [-0.2, -0.15) is 0 Å². The normalized spacial score (nSPS) is 11.5. The third-order valence-corrected chi connectivity index (χ3v) is 0. The molecule has 0 saturated heterocycles. The first-order chi connectivity index (χ1) is 10.0. The summed E-state index contributed by atoms with van der Waals surface area (Å²) in [6, 6.07) is 0. The van der Waals surface area contributed by atoms with Gasteiger partial charge in [0.15, 0.2) is 0 Å². The summed E-state index contributed by atoms with van der Waals surface area (Å²) in [5.41, 5.74) is -3.75. The van der Waals surface area contributed by atoms with Crippen molar-refractivity contribution in [3.63, 3.8) is 0 Å². The molecule has 0 unspecified atom stereocenters. The average molecular weight is 547 g/mol. The van der Waals surface area contributed by atoms with Crippen molar-refractivity contribution in [2.45, 2.75) is 132 Å². The predicted molar refractivity (Wildman–Crippen MR) is 98.8 cm³/mol. The van der Waals surface area contributed by atoms with Crippen molar-refractivity contribution < 1.29 is 47.9 Å². The minimum atomic E-state index is -0.750. The van der Waals surface area contributed by atoms with E-state index in [9.17, 15) is 25.5 Å². The molecule has 0 aromatic rings. The Morgan fingerprint density at radius 2 is 0.269 bits per heavy atom. The Morgan fingerprint density at radius 3 is 0.269 bits per heavy atom. The van der Waals surface area contributed by atoms with Gasteiger partial charge in [0.05, 0.1) is 0 Å². The van der Waals surface area contributed by atoms with Crippen LogP contribution in [-0.4, -0.2) is 28.0 Å². The summed E-state index contributed by atoms with van der Waals surface area (Å²) in [7, 11) is 0. The van der Waals surface area contributed by atoms with Crippen LogP contribution in [0.25, 0.3) is 0 Å². The first kappa shape index (κ1) is 41.0. The Morgan fingerprint density at radius 1 is 0.269 bits per heavy atom. The van der Waals surface area contributed by atoms with Crippen LogP contribution in [0.1, 0.15) is 104 Å². The van der Waals surface area contributed by atoms with Gasteiger partial charge in [0.25, 0.3) is 0 Å². The molecular formula is C20H45O5Ta. The molecule has 0 atom stereocenters. The molecule has 0 rings (SSSR count). The van der Waals surface area contributed by atoms with E-state index >= 15 is 0 Å². The Balaban J connectivity index is -0.0000000476. The molecule has 0 heterocycles. The Bertz CT molecular complexity index is 171. The molecule has 5 nitrogen and oxygen atoms in total. The second-order valence-electron chi connectivity index (χ2n) is 10.6. The Hall–Kier alpha value is 0.540. The van der Waals surface area contributed by atoms with E-state index in [1.165, 1.54) is 0 Å². The van der Waals surface area contributed by atoms with Gasteiger partial charge in [-0.3, -0.25) is 0 Å². The van der Waals surface area contributed by atoms with Gasteiger partial charge in [0, 0.05) is 0 Å². The quantitative estimate of drug-likeness (QED) is 0.444. The molecule has 6 heteroatoms. The fourth-order valence-electron chi connectivity index (χ4n) is 0. The van der Waals surface area contributed by atoms with Crippen LogP contribution in [-0.2, 0) is 22.4 Å². The first-order valence-electron chi connectivity index (χ1n) is 8.52. The maximum absolute atomic E-state index is 10.1. The predicted octanol–water partition coefficient (Wildman–Crippen LogP) is 0.724. The fourth-order valence-corrected chi connectivity index (χ4v) is 0. The van der Waals surface area contributed by atoms with Crippen LogP contribution in [0.2, 0.25) is 0 Å². The van der Waals surface area contributed by atoms with Gasteiger partial charge in [-0.05, 0) is 0 Å². The van der Waals surface area contributed by atoms with E-state index in [0.717, 1.165) is 0 Å². The summed E-state index contributed by atoms with van der Waals surface area (Å²) in [5.74, 6) is 0. The molecule has 0 amide bonds. The van der Waals surface area contributed by atoms with E-state index in [1.807, 2.05) is 0 Å². The molecule has 0 aliphatic carbocycles. The van der Waals surface area contributed by atoms with Crippen LogP contribution < -0.4 is 25.5 Å². The molecule has 0 spiro atoms. The van der Waals surface area contributed by atoms with Gasteiger partial charge < -0.3 is 25.5 Å². The van der Waals surface area contributed by atoms with Crippen molar-refractivity contribution in [1.29, 1.82) is 0 Å². The SMILES string of the molecule is CC(C)(C)[O-].CC(C)(C)[O-].CC(C)(C)[O-].CC(C)(C)[O-].CC(C)(C)[O-].[Ta+5]. The monoisotopic (exact) mass is 546 g/mol. The van der Waals surface area contributed by atoms with Gasteiger partial charge in [-0.1, -0.05) is 104 Å². The third-order valence-electron chi connectivity index (χ3n) is 0. The Kier molecular flexibility index (Phi) is 26.0. The zero-order chi connectivity index (χ0) is 22.5. The molecule has 0 aromatic carbocycles. The Labute approximate surface area is 179 Å². The minimum absolute atomic E-state index is 0. The van der Waals surface area contributed by atoms with Crippen molar-refractivity contribution in [3.05, 3.63) is 0 Å². The molecule has 0 aromatic heterocycles. The molecule has 0 bridgehead atoms. The molecule has 0 aliphatic heterocycles. The summed E-state index contributed by atoms with van der Waals surface area (Å²) in [6.07, 6.45) is 0. The smallest absolute Gasteiger partial charge is 0.850 e. The van der Waals surface area contributed by atoms with Gasteiger partial charge in [-0.25, -0.2) is 0 Å². The first-order valence-corrected chi connectivity index (χ1v) is 8.52. The molecular weight excluding hydrogens is 501 g/mol. The maximum atomic E-state index is 10.1. The molecule has 0 fully saturated rings. The molecule has 160 valence electrons. The molecule has 0 radical (unpaired) electrons. The van der Waals surface area contributed by atoms with Crippen LogP contribution in [0.15, 0.2) is 0 Å². The van der Waals surface area contributed by atoms with E-state index in [2.05, 4.69) is 0 Å². The topological polar surface area (TPSA) is 115 Å². The maximum Gasteiger partial charge on any atom is 5.00 e. The molecule has 0 N–H and O–H groups in total. The standard InChI is InChI=1S/5C4H9O.Ta/c5*1-4(2,3)5;/h5*1-3H3;/q5*-1;+5. The molecule has 26 heavy (non-hydrogen) atoms. The second-order valence-corrected chi connectivity index (χ2v) is 10.6. The summed E-state index contributed by atoms with van der Waals surface area (Å²) in [5, 5.41) is 50.5.